The predicted molar refractivity (Wildman–Crippen MR) is 77.4 cm³/mol. The summed E-state index contributed by atoms with van der Waals surface area (Å²) < 4.78 is 11.1. The molecule has 0 radical (unpaired) electrons. The summed E-state index contributed by atoms with van der Waals surface area (Å²) in [5.74, 6) is 0.702. The second kappa shape index (κ2) is 6.44. The lowest BCUT2D eigenvalue weighted by Gasteiger charge is -2.15. The van der Waals surface area contributed by atoms with Gasteiger partial charge in [-0.1, -0.05) is 12.1 Å². The van der Waals surface area contributed by atoms with Gasteiger partial charge in [0.2, 0.25) is 0 Å². The minimum atomic E-state index is -0.731. The van der Waals surface area contributed by atoms with E-state index in [4.69, 9.17) is 0 Å². The van der Waals surface area contributed by atoms with Gasteiger partial charge in [-0.2, -0.15) is 0 Å². The Morgan fingerprint density at radius 2 is 1.82 bits per heavy atom. The van der Waals surface area contributed by atoms with Crippen molar-refractivity contribution in [3.8, 4) is 0 Å². The van der Waals surface area contributed by atoms with Gasteiger partial charge < -0.3 is 5.32 Å². The SMILES string of the molecule is CS(=O)CCNC(c1cccs1)c1cccs1. The smallest absolute Gasteiger partial charge is 0.0765 e. The molecule has 0 aromatic carbocycles. The van der Waals surface area contributed by atoms with E-state index in [9.17, 15) is 4.21 Å². The van der Waals surface area contributed by atoms with Crippen LogP contribution in [0, 0.1) is 0 Å². The molecule has 0 amide bonds. The van der Waals surface area contributed by atoms with Crippen LogP contribution in [0.4, 0.5) is 0 Å². The molecule has 1 atom stereocenters. The van der Waals surface area contributed by atoms with E-state index in [-0.39, 0.29) is 6.04 Å². The first-order valence-electron chi connectivity index (χ1n) is 5.37. The molecule has 0 aliphatic rings. The van der Waals surface area contributed by atoms with Gasteiger partial charge in [-0.3, -0.25) is 4.21 Å². The fourth-order valence-electron chi connectivity index (χ4n) is 1.60. The Hall–Kier alpha value is -0.490. The van der Waals surface area contributed by atoms with Crippen molar-refractivity contribution < 1.29 is 4.21 Å². The first-order valence-corrected chi connectivity index (χ1v) is 8.86. The summed E-state index contributed by atoms with van der Waals surface area (Å²) in [4.78, 5) is 2.63. The average molecular weight is 285 g/mol. The Balaban J connectivity index is 2.06. The molecule has 5 heteroatoms. The van der Waals surface area contributed by atoms with Crippen molar-refractivity contribution in [2.24, 2.45) is 0 Å². The molecule has 1 unspecified atom stereocenters. The molecule has 0 bridgehead atoms. The van der Waals surface area contributed by atoms with Crippen LogP contribution in [-0.2, 0) is 10.8 Å². The molecule has 2 aromatic rings. The second-order valence-electron chi connectivity index (χ2n) is 3.70. The van der Waals surface area contributed by atoms with Crippen LogP contribution in [-0.4, -0.2) is 22.8 Å². The number of hydrogen-bond donors (Lipinski definition) is 1. The summed E-state index contributed by atoms with van der Waals surface area (Å²) in [6.45, 7) is 0.781. The average Bonchev–Trinajstić information content (AvgIpc) is 2.97. The van der Waals surface area contributed by atoms with Gasteiger partial charge in [-0.15, -0.1) is 22.7 Å². The highest BCUT2D eigenvalue weighted by molar-refractivity contribution is 7.84. The van der Waals surface area contributed by atoms with E-state index < -0.39 is 10.8 Å². The Kier molecular flexibility index (Phi) is 4.91. The van der Waals surface area contributed by atoms with Crippen molar-refractivity contribution in [2.75, 3.05) is 18.6 Å². The molecular formula is C12H15NOS3. The number of hydrogen-bond acceptors (Lipinski definition) is 4. The van der Waals surface area contributed by atoms with Crippen molar-refractivity contribution >= 4 is 33.5 Å². The molecule has 2 aromatic heterocycles. The minimum absolute atomic E-state index is 0.249. The normalized spacial score (nSPS) is 13.1. The largest absolute Gasteiger partial charge is 0.304 e. The molecule has 0 fully saturated rings. The summed E-state index contributed by atoms with van der Waals surface area (Å²) in [6, 6.07) is 8.68. The molecule has 0 saturated heterocycles. The first kappa shape index (κ1) is 13.0. The van der Waals surface area contributed by atoms with E-state index in [0.717, 1.165) is 6.54 Å². The van der Waals surface area contributed by atoms with Crippen LogP contribution in [0.3, 0.4) is 0 Å². The standard InChI is InChI=1S/C12H15NOS3/c1-17(14)9-6-13-12(10-4-2-7-15-10)11-5-3-8-16-11/h2-5,7-8,12-13H,6,9H2,1H3. The molecule has 0 aliphatic carbocycles. The van der Waals surface area contributed by atoms with Gasteiger partial charge in [0.25, 0.3) is 0 Å². The summed E-state index contributed by atoms with van der Waals surface area (Å²) >= 11 is 3.51. The quantitative estimate of drug-likeness (QED) is 0.884. The van der Waals surface area contributed by atoms with Gasteiger partial charge in [0.1, 0.15) is 0 Å². The zero-order chi connectivity index (χ0) is 12.1. The van der Waals surface area contributed by atoms with Gasteiger partial charge in [0.15, 0.2) is 0 Å². The van der Waals surface area contributed by atoms with E-state index in [1.807, 2.05) is 0 Å². The number of thiophene rings is 2. The van der Waals surface area contributed by atoms with Gasteiger partial charge >= 0.3 is 0 Å². The molecule has 0 saturated carbocycles. The molecule has 92 valence electrons. The van der Waals surface area contributed by atoms with E-state index in [0.29, 0.717) is 5.75 Å². The maximum Gasteiger partial charge on any atom is 0.0765 e. The van der Waals surface area contributed by atoms with E-state index in [1.165, 1.54) is 9.75 Å². The highest BCUT2D eigenvalue weighted by Gasteiger charge is 2.15. The lowest BCUT2D eigenvalue weighted by Crippen LogP contribution is -2.25. The third-order valence-electron chi connectivity index (χ3n) is 2.39. The first-order chi connectivity index (χ1) is 8.27. The Morgan fingerprint density at radius 3 is 2.24 bits per heavy atom. The topological polar surface area (TPSA) is 29.1 Å². The zero-order valence-corrected chi connectivity index (χ0v) is 12.0. The van der Waals surface area contributed by atoms with Crippen LogP contribution >= 0.6 is 22.7 Å². The predicted octanol–water partition coefficient (Wildman–Crippen LogP) is 2.87. The summed E-state index contributed by atoms with van der Waals surface area (Å²) in [6.07, 6.45) is 1.74. The van der Waals surface area contributed by atoms with Crippen molar-refractivity contribution in [3.05, 3.63) is 44.8 Å². The molecule has 0 spiro atoms. The molecular weight excluding hydrogens is 270 g/mol. The van der Waals surface area contributed by atoms with Crippen molar-refractivity contribution in [3.63, 3.8) is 0 Å². The van der Waals surface area contributed by atoms with Crippen molar-refractivity contribution in [1.82, 2.24) is 5.32 Å². The molecule has 17 heavy (non-hydrogen) atoms. The monoisotopic (exact) mass is 285 g/mol. The maximum atomic E-state index is 11.1. The Morgan fingerprint density at radius 1 is 1.24 bits per heavy atom. The van der Waals surface area contributed by atoms with Crippen LogP contribution < -0.4 is 5.32 Å². The molecule has 2 rings (SSSR count). The zero-order valence-electron chi connectivity index (χ0n) is 9.59. The lowest BCUT2D eigenvalue weighted by atomic mass is 10.2. The van der Waals surface area contributed by atoms with Crippen LogP contribution in [0.2, 0.25) is 0 Å². The Bertz CT molecular complexity index is 416. The highest BCUT2D eigenvalue weighted by atomic mass is 32.2. The molecule has 2 nitrogen and oxygen atoms in total. The third kappa shape index (κ3) is 3.74. The minimum Gasteiger partial charge on any atom is -0.304 e. The van der Waals surface area contributed by atoms with Crippen LogP contribution in [0.25, 0.3) is 0 Å². The lowest BCUT2D eigenvalue weighted by molar-refractivity contribution is 0.642. The van der Waals surface area contributed by atoms with Gasteiger partial charge in [0, 0.05) is 39.1 Å². The summed E-state index contributed by atoms with van der Waals surface area (Å²) in [5.41, 5.74) is 0. The van der Waals surface area contributed by atoms with Gasteiger partial charge in [0.05, 0.1) is 6.04 Å². The third-order valence-corrected chi connectivity index (χ3v) is 5.05. The summed E-state index contributed by atoms with van der Waals surface area (Å²) in [5, 5.41) is 7.67. The van der Waals surface area contributed by atoms with Gasteiger partial charge in [-0.25, -0.2) is 0 Å². The summed E-state index contributed by atoms with van der Waals surface area (Å²) in [7, 11) is -0.731. The van der Waals surface area contributed by atoms with E-state index >= 15 is 0 Å². The fourth-order valence-corrected chi connectivity index (χ4v) is 3.71. The van der Waals surface area contributed by atoms with Gasteiger partial charge in [-0.05, 0) is 22.9 Å². The van der Waals surface area contributed by atoms with Crippen LogP contribution in [0.5, 0.6) is 0 Å². The van der Waals surface area contributed by atoms with Crippen molar-refractivity contribution in [1.29, 1.82) is 0 Å². The molecule has 1 N–H and O–H groups in total. The highest BCUT2D eigenvalue weighted by Crippen LogP contribution is 2.28. The molecule has 2 heterocycles. The maximum absolute atomic E-state index is 11.1. The molecule has 0 aliphatic heterocycles. The number of nitrogens with one attached hydrogen (secondary N) is 1. The van der Waals surface area contributed by atoms with Crippen molar-refractivity contribution in [2.45, 2.75) is 6.04 Å². The fraction of sp³-hybridized carbons (Fsp3) is 0.333. The van der Waals surface area contributed by atoms with Crippen LogP contribution in [0.1, 0.15) is 15.8 Å². The van der Waals surface area contributed by atoms with E-state index in [1.54, 1.807) is 28.9 Å². The second-order valence-corrected chi connectivity index (χ2v) is 7.21. The van der Waals surface area contributed by atoms with E-state index in [2.05, 4.69) is 40.3 Å². The number of rotatable bonds is 6. The van der Waals surface area contributed by atoms with Crippen LogP contribution in [0.15, 0.2) is 35.0 Å². The Labute approximate surface area is 112 Å².